The first-order valence-electron chi connectivity index (χ1n) is 14.3. The molecule has 216 valence electrons. The summed E-state index contributed by atoms with van der Waals surface area (Å²) in [4.78, 5) is 26.4. The standard InChI is InChI=1S/C28H46N8O3/c1-3-4-13-31-26-34-27(32-20-22-10-8-21(2)9-11-22)36-28(35-26)33-24-7-5-6-23(19-24)25(37)30-14-16-39-18-17-38-15-12-29/h5-7,19,21-22H,3-4,8-18,20,29H2,1-2H3,(H,30,37)(H3,31,32,33,34,35,36). The maximum atomic E-state index is 12.6. The van der Waals surface area contributed by atoms with Crippen molar-refractivity contribution < 1.29 is 14.3 Å². The van der Waals surface area contributed by atoms with Crippen LogP contribution in [-0.4, -0.2) is 73.5 Å². The van der Waals surface area contributed by atoms with E-state index in [-0.39, 0.29) is 5.91 Å². The van der Waals surface area contributed by atoms with E-state index in [1.54, 1.807) is 12.1 Å². The molecule has 1 aromatic heterocycles. The molecule has 1 heterocycles. The Kier molecular flexibility index (Phi) is 13.7. The maximum Gasteiger partial charge on any atom is 0.251 e. The summed E-state index contributed by atoms with van der Waals surface area (Å²) in [6.45, 7) is 8.90. The minimum Gasteiger partial charge on any atom is -0.378 e. The molecule has 1 aliphatic carbocycles. The van der Waals surface area contributed by atoms with E-state index in [1.807, 2.05) is 12.1 Å². The van der Waals surface area contributed by atoms with Crippen molar-refractivity contribution in [2.75, 3.05) is 68.6 Å². The van der Waals surface area contributed by atoms with E-state index in [0.717, 1.165) is 31.8 Å². The zero-order chi connectivity index (χ0) is 27.7. The number of carbonyl (C=O) groups excluding carboxylic acids is 1. The molecule has 2 aromatic rings. The molecule has 3 rings (SSSR count). The summed E-state index contributed by atoms with van der Waals surface area (Å²) in [5.41, 5.74) is 6.63. The first-order valence-corrected chi connectivity index (χ1v) is 14.3. The van der Waals surface area contributed by atoms with Crippen LogP contribution in [0.5, 0.6) is 0 Å². The van der Waals surface area contributed by atoms with Gasteiger partial charge in [0.05, 0.1) is 26.4 Å². The number of benzene rings is 1. The highest BCUT2D eigenvalue weighted by Gasteiger charge is 2.18. The average molecular weight is 543 g/mol. The number of rotatable bonds is 18. The van der Waals surface area contributed by atoms with E-state index in [4.69, 9.17) is 15.2 Å². The second-order valence-electron chi connectivity index (χ2n) is 10.1. The highest BCUT2D eigenvalue weighted by atomic mass is 16.5. The maximum absolute atomic E-state index is 12.6. The molecule has 11 nitrogen and oxygen atoms in total. The molecule has 0 spiro atoms. The van der Waals surface area contributed by atoms with Crippen LogP contribution in [0.25, 0.3) is 0 Å². The van der Waals surface area contributed by atoms with Crippen molar-refractivity contribution in [3.63, 3.8) is 0 Å². The Hall–Kier alpha value is -3.02. The molecule has 1 fully saturated rings. The van der Waals surface area contributed by atoms with Crippen molar-refractivity contribution in [3.8, 4) is 0 Å². The minimum atomic E-state index is -0.177. The lowest BCUT2D eigenvalue weighted by Gasteiger charge is -2.26. The number of amides is 1. The number of nitrogens with one attached hydrogen (secondary N) is 4. The van der Waals surface area contributed by atoms with Gasteiger partial charge in [-0.25, -0.2) is 0 Å². The van der Waals surface area contributed by atoms with E-state index in [0.29, 0.717) is 74.5 Å². The van der Waals surface area contributed by atoms with Gasteiger partial charge in [0.2, 0.25) is 17.8 Å². The molecular weight excluding hydrogens is 496 g/mol. The number of unbranched alkanes of at least 4 members (excludes halogenated alkanes) is 1. The first kappa shape index (κ1) is 30.5. The van der Waals surface area contributed by atoms with E-state index in [9.17, 15) is 4.79 Å². The second-order valence-corrected chi connectivity index (χ2v) is 10.1. The Morgan fingerprint density at radius 2 is 1.67 bits per heavy atom. The summed E-state index contributed by atoms with van der Waals surface area (Å²) >= 11 is 0. The van der Waals surface area contributed by atoms with Gasteiger partial charge in [-0.15, -0.1) is 0 Å². The van der Waals surface area contributed by atoms with Gasteiger partial charge >= 0.3 is 0 Å². The van der Waals surface area contributed by atoms with Crippen LogP contribution in [0.3, 0.4) is 0 Å². The Morgan fingerprint density at radius 1 is 0.949 bits per heavy atom. The summed E-state index contributed by atoms with van der Waals surface area (Å²) in [7, 11) is 0. The monoisotopic (exact) mass is 542 g/mol. The summed E-state index contributed by atoms with van der Waals surface area (Å²) in [6.07, 6.45) is 7.13. The van der Waals surface area contributed by atoms with Crippen molar-refractivity contribution in [2.45, 2.75) is 52.4 Å². The first-order chi connectivity index (χ1) is 19.1. The Morgan fingerprint density at radius 3 is 2.41 bits per heavy atom. The van der Waals surface area contributed by atoms with Gasteiger partial charge < -0.3 is 36.5 Å². The number of aromatic nitrogens is 3. The minimum absolute atomic E-state index is 0.177. The lowest BCUT2D eigenvalue weighted by atomic mass is 9.83. The normalized spacial score (nSPS) is 17.0. The van der Waals surface area contributed by atoms with Gasteiger partial charge in [-0.1, -0.05) is 39.2 Å². The molecule has 0 aliphatic heterocycles. The van der Waals surface area contributed by atoms with Crippen molar-refractivity contribution in [1.29, 1.82) is 0 Å². The van der Waals surface area contributed by atoms with Crippen LogP contribution in [0.15, 0.2) is 24.3 Å². The molecule has 0 saturated heterocycles. The van der Waals surface area contributed by atoms with Crippen molar-refractivity contribution >= 4 is 29.4 Å². The van der Waals surface area contributed by atoms with Crippen LogP contribution >= 0.6 is 0 Å². The fourth-order valence-corrected chi connectivity index (χ4v) is 4.35. The average Bonchev–Trinajstić information content (AvgIpc) is 2.94. The fourth-order valence-electron chi connectivity index (χ4n) is 4.35. The number of hydrogen-bond donors (Lipinski definition) is 5. The predicted molar refractivity (Wildman–Crippen MR) is 156 cm³/mol. The highest BCUT2D eigenvalue weighted by Crippen LogP contribution is 2.28. The summed E-state index contributed by atoms with van der Waals surface area (Å²) < 4.78 is 10.7. The number of nitrogens with two attached hydrogens (primary N) is 1. The number of ether oxygens (including phenoxy) is 2. The van der Waals surface area contributed by atoms with Gasteiger partial charge in [0.1, 0.15) is 0 Å². The van der Waals surface area contributed by atoms with Crippen LogP contribution in [0.1, 0.15) is 62.7 Å². The molecule has 1 aromatic carbocycles. The molecule has 1 saturated carbocycles. The molecule has 1 amide bonds. The van der Waals surface area contributed by atoms with Crippen LogP contribution in [0.2, 0.25) is 0 Å². The van der Waals surface area contributed by atoms with Crippen LogP contribution in [0, 0.1) is 11.8 Å². The SMILES string of the molecule is CCCCNc1nc(NCC2CCC(C)CC2)nc(Nc2cccc(C(=O)NCCOCCOCCN)c2)n1. The number of nitrogens with zero attached hydrogens (tertiary/aromatic N) is 3. The van der Waals surface area contributed by atoms with Gasteiger partial charge in [-0.3, -0.25) is 4.79 Å². The van der Waals surface area contributed by atoms with E-state index < -0.39 is 0 Å². The number of anilines is 4. The zero-order valence-electron chi connectivity index (χ0n) is 23.5. The number of hydrogen-bond acceptors (Lipinski definition) is 10. The Labute approximate surface area is 232 Å². The fraction of sp³-hybridized carbons (Fsp3) is 0.643. The third kappa shape index (κ3) is 11.7. The van der Waals surface area contributed by atoms with Gasteiger partial charge in [-0.05, 0) is 49.3 Å². The molecule has 0 atom stereocenters. The molecule has 6 N–H and O–H groups in total. The summed E-state index contributed by atoms with van der Waals surface area (Å²) in [6, 6.07) is 7.26. The lowest BCUT2D eigenvalue weighted by Crippen LogP contribution is -2.27. The Bertz CT molecular complexity index is 985. The highest BCUT2D eigenvalue weighted by molar-refractivity contribution is 5.95. The van der Waals surface area contributed by atoms with E-state index >= 15 is 0 Å². The lowest BCUT2D eigenvalue weighted by molar-refractivity contribution is 0.0511. The van der Waals surface area contributed by atoms with Crippen molar-refractivity contribution in [2.24, 2.45) is 17.6 Å². The van der Waals surface area contributed by atoms with Crippen molar-refractivity contribution in [3.05, 3.63) is 29.8 Å². The van der Waals surface area contributed by atoms with Gasteiger partial charge in [-0.2, -0.15) is 15.0 Å². The van der Waals surface area contributed by atoms with Crippen LogP contribution in [-0.2, 0) is 9.47 Å². The predicted octanol–water partition coefficient (Wildman–Crippen LogP) is 3.79. The van der Waals surface area contributed by atoms with E-state index in [1.165, 1.54) is 25.7 Å². The number of carbonyl (C=O) groups is 1. The van der Waals surface area contributed by atoms with Crippen molar-refractivity contribution in [1.82, 2.24) is 20.3 Å². The van der Waals surface area contributed by atoms with Crippen LogP contribution in [0.4, 0.5) is 23.5 Å². The summed E-state index contributed by atoms with van der Waals surface area (Å²) in [5.74, 6) is 2.78. The third-order valence-electron chi connectivity index (χ3n) is 6.68. The molecule has 0 bridgehead atoms. The Balaban J connectivity index is 1.56. The smallest absolute Gasteiger partial charge is 0.251 e. The quantitative estimate of drug-likeness (QED) is 0.176. The van der Waals surface area contributed by atoms with Gasteiger partial charge in [0, 0.05) is 37.4 Å². The molecule has 0 radical (unpaired) electrons. The topological polar surface area (TPSA) is 148 Å². The largest absolute Gasteiger partial charge is 0.378 e. The van der Waals surface area contributed by atoms with E-state index in [2.05, 4.69) is 50.1 Å². The van der Waals surface area contributed by atoms with Gasteiger partial charge in [0.25, 0.3) is 5.91 Å². The molecule has 1 aliphatic rings. The summed E-state index contributed by atoms with van der Waals surface area (Å²) in [5, 5.41) is 12.9. The molecule has 11 heteroatoms. The molecule has 0 unspecified atom stereocenters. The second kappa shape index (κ2) is 17.5. The third-order valence-corrected chi connectivity index (χ3v) is 6.68. The molecular formula is C28H46N8O3. The zero-order valence-corrected chi connectivity index (χ0v) is 23.5. The molecule has 39 heavy (non-hydrogen) atoms. The van der Waals surface area contributed by atoms with Gasteiger partial charge in [0.15, 0.2) is 0 Å². The van der Waals surface area contributed by atoms with Crippen LogP contribution < -0.4 is 27.0 Å².